The van der Waals surface area contributed by atoms with Crippen molar-refractivity contribution in [3.8, 4) is 5.75 Å². The maximum atomic E-state index is 10.1. The van der Waals surface area contributed by atoms with Crippen LogP contribution in [0, 0.1) is 0 Å². The van der Waals surface area contributed by atoms with Crippen molar-refractivity contribution >= 4 is 5.69 Å². The van der Waals surface area contributed by atoms with Crippen LogP contribution in [-0.2, 0) is 0 Å². The molecule has 2 unspecified atom stereocenters. The van der Waals surface area contributed by atoms with Crippen molar-refractivity contribution in [2.45, 2.75) is 38.3 Å². The molecule has 4 heteroatoms. The van der Waals surface area contributed by atoms with Gasteiger partial charge in [0.15, 0.2) is 0 Å². The third-order valence-corrected chi connectivity index (χ3v) is 3.69. The van der Waals surface area contributed by atoms with E-state index in [1.54, 1.807) is 6.07 Å². The Kier molecular flexibility index (Phi) is 5.05. The lowest BCUT2D eigenvalue weighted by Crippen LogP contribution is -2.43. The van der Waals surface area contributed by atoms with Crippen LogP contribution >= 0.6 is 0 Å². The summed E-state index contributed by atoms with van der Waals surface area (Å²) in [6.45, 7) is 4.30. The first-order chi connectivity index (χ1) is 9.15. The van der Waals surface area contributed by atoms with Crippen molar-refractivity contribution in [2.24, 2.45) is 0 Å². The van der Waals surface area contributed by atoms with E-state index in [-0.39, 0.29) is 0 Å². The number of nitrogens with two attached hydrogens (primary N) is 1. The number of likely N-dealkylation sites (tertiary alicyclic amines) is 1. The van der Waals surface area contributed by atoms with Gasteiger partial charge in [-0.2, -0.15) is 0 Å². The van der Waals surface area contributed by atoms with Gasteiger partial charge in [-0.25, -0.2) is 0 Å². The summed E-state index contributed by atoms with van der Waals surface area (Å²) in [7, 11) is 0. The molecule has 0 spiro atoms. The Morgan fingerprint density at radius 1 is 1.47 bits per heavy atom. The number of aliphatic hydroxyl groups is 1. The van der Waals surface area contributed by atoms with Gasteiger partial charge in [0.2, 0.25) is 0 Å². The van der Waals surface area contributed by atoms with Crippen LogP contribution in [0.5, 0.6) is 5.75 Å². The number of nitrogens with zero attached hydrogens (tertiary/aromatic N) is 1. The Balaban J connectivity index is 1.76. The molecule has 0 aliphatic carbocycles. The van der Waals surface area contributed by atoms with Crippen molar-refractivity contribution in [2.75, 3.05) is 25.4 Å². The minimum atomic E-state index is -0.456. The zero-order valence-corrected chi connectivity index (χ0v) is 11.6. The number of rotatable bonds is 5. The van der Waals surface area contributed by atoms with Crippen LogP contribution in [0.2, 0.25) is 0 Å². The van der Waals surface area contributed by atoms with Gasteiger partial charge in [-0.15, -0.1) is 0 Å². The van der Waals surface area contributed by atoms with Crippen molar-refractivity contribution in [1.82, 2.24) is 4.90 Å². The smallest absolute Gasteiger partial charge is 0.121 e. The molecule has 2 atom stereocenters. The second-order valence-electron chi connectivity index (χ2n) is 5.38. The summed E-state index contributed by atoms with van der Waals surface area (Å²) < 4.78 is 5.57. The Hall–Kier alpha value is -1.26. The maximum Gasteiger partial charge on any atom is 0.121 e. The normalized spacial score (nSPS) is 22.1. The third-order valence-electron chi connectivity index (χ3n) is 3.69. The molecule has 0 aromatic heterocycles. The molecule has 0 bridgehead atoms. The number of piperidine rings is 1. The number of hydrogen-bond donors (Lipinski definition) is 2. The first-order valence-electron chi connectivity index (χ1n) is 7.05. The topological polar surface area (TPSA) is 58.7 Å². The van der Waals surface area contributed by atoms with Gasteiger partial charge in [0.25, 0.3) is 0 Å². The van der Waals surface area contributed by atoms with Crippen LogP contribution in [0.25, 0.3) is 0 Å². The number of hydrogen-bond acceptors (Lipinski definition) is 4. The van der Waals surface area contributed by atoms with E-state index in [4.69, 9.17) is 10.5 Å². The summed E-state index contributed by atoms with van der Waals surface area (Å²) >= 11 is 0. The molecule has 0 saturated carbocycles. The first-order valence-corrected chi connectivity index (χ1v) is 7.05. The quantitative estimate of drug-likeness (QED) is 0.797. The molecule has 106 valence electrons. The van der Waals surface area contributed by atoms with Crippen molar-refractivity contribution in [1.29, 1.82) is 0 Å². The van der Waals surface area contributed by atoms with E-state index in [0.717, 1.165) is 6.54 Å². The molecule has 1 fully saturated rings. The van der Waals surface area contributed by atoms with Crippen LogP contribution in [-0.4, -0.2) is 41.8 Å². The van der Waals surface area contributed by atoms with E-state index < -0.39 is 6.10 Å². The third kappa shape index (κ3) is 4.40. The van der Waals surface area contributed by atoms with Crippen LogP contribution in [0.4, 0.5) is 5.69 Å². The summed E-state index contributed by atoms with van der Waals surface area (Å²) in [6, 6.07) is 7.86. The summed E-state index contributed by atoms with van der Waals surface area (Å²) in [5, 5.41) is 10.1. The van der Waals surface area contributed by atoms with Crippen LogP contribution in [0.15, 0.2) is 24.3 Å². The largest absolute Gasteiger partial charge is 0.491 e. The highest BCUT2D eigenvalue weighted by Gasteiger charge is 2.20. The molecule has 1 aromatic rings. The number of nitrogen functional groups attached to an aromatic ring is 1. The van der Waals surface area contributed by atoms with Crippen LogP contribution < -0.4 is 10.5 Å². The summed E-state index contributed by atoms with van der Waals surface area (Å²) in [5.74, 6) is 0.714. The van der Waals surface area contributed by atoms with Gasteiger partial charge in [0, 0.05) is 24.3 Å². The Morgan fingerprint density at radius 2 is 2.32 bits per heavy atom. The first kappa shape index (κ1) is 14.2. The lowest BCUT2D eigenvalue weighted by molar-refractivity contribution is 0.0438. The zero-order chi connectivity index (χ0) is 13.7. The molecule has 4 nitrogen and oxygen atoms in total. The number of aliphatic hydroxyl groups excluding tert-OH is 1. The number of ether oxygens (including phenoxy) is 1. The Bertz CT molecular complexity index is 397. The average molecular weight is 264 g/mol. The standard InChI is InChI=1S/C15H24N2O2/c1-12-5-2-3-8-17(12)10-14(18)11-19-15-7-4-6-13(16)9-15/h4,6-7,9,12,14,18H,2-3,5,8,10-11,16H2,1H3. The Morgan fingerprint density at radius 3 is 3.05 bits per heavy atom. The molecule has 2 rings (SSSR count). The fourth-order valence-electron chi connectivity index (χ4n) is 2.55. The molecule has 1 aliphatic heterocycles. The second-order valence-corrected chi connectivity index (χ2v) is 5.38. The van der Waals surface area contributed by atoms with E-state index in [1.165, 1.54) is 19.3 Å². The lowest BCUT2D eigenvalue weighted by atomic mass is 10.0. The predicted octanol–water partition coefficient (Wildman–Crippen LogP) is 1.88. The molecular weight excluding hydrogens is 240 g/mol. The van der Waals surface area contributed by atoms with Gasteiger partial charge < -0.3 is 15.6 Å². The second kappa shape index (κ2) is 6.78. The monoisotopic (exact) mass is 264 g/mol. The van der Waals surface area contributed by atoms with Crippen LogP contribution in [0.3, 0.4) is 0 Å². The molecule has 0 radical (unpaired) electrons. The molecule has 19 heavy (non-hydrogen) atoms. The molecule has 3 N–H and O–H groups in total. The van der Waals surface area contributed by atoms with E-state index >= 15 is 0 Å². The van der Waals surface area contributed by atoms with Gasteiger partial charge >= 0.3 is 0 Å². The molecular formula is C15H24N2O2. The molecule has 0 amide bonds. The minimum absolute atomic E-state index is 0.312. The van der Waals surface area contributed by atoms with Gasteiger partial charge in [0.1, 0.15) is 18.5 Å². The minimum Gasteiger partial charge on any atom is -0.491 e. The van der Waals surface area contributed by atoms with Gasteiger partial charge in [-0.3, -0.25) is 4.90 Å². The van der Waals surface area contributed by atoms with E-state index in [2.05, 4.69) is 11.8 Å². The highest BCUT2D eigenvalue weighted by atomic mass is 16.5. The van der Waals surface area contributed by atoms with Gasteiger partial charge in [0.05, 0.1) is 0 Å². The van der Waals surface area contributed by atoms with Gasteiger partial charge in [-0.1, -0.05) is 12.5 Å². The fourth-order valence-corrected chi connectivity index (χ4v) is 2.55. The highest BCUT2D eigenvalue weighted by molar-refractivity contribution is 5.43. The van der Waals surface area contributed by atoms with E-state index in [0.29, 0.717) is 30.6 Å². The summed E-state index contributed by atoms with van der Waals surface area (Å²) in [5.41, 5.74) is 6.36. The molecule has 1 heterocycles. The predicted molar refractivity (Wildman–Crippen MR) is 77.2 cm³/mol. The Labute approximate surface area is 115 Å². The molecule has 1 saturated heterocycles. The van der Waals surface area contributed by atoms with E-state index in [1.807, 2.05) is 18.2 Å². The maximum absolute atomic E-state index is 10.1. The van der Waals surface area contributed by atoms with Gasteiger partial charge in [-0.05, 0) is 38.4 Å². The average Bonchev–Trinajstić information content (AvgIpc) is 2.39. The fraction of sp³-hybridized carbons (Fsp3) is 0.600. The number of β-amino-alcohol motifs (C(OH)–C–C–N with tert-alkyl or cyclic N) is 1. The molecule has 1 aliphatic rings. The van der Waals surface area contributed by atoms with Crippen molar-refractivity contribution in [3.63, 3.8) is 0 Å². The SMILES string of the molecule is CC1CCCCN1CC(O)COc1cccc(N)c1. The zero-order valence-electron chi connectivity index (χ0n) is 11.6. The summed E-state index contributed by atoms with van der Waals surface area (Å²) in [6.07, 6.45) is 3.30. The van der Waals surface area contributed by atoms with Crippen LogP contribution in [0.1, 0.15) is 26.2 Å². The summed E-state index contributed by atoms with van der Waals surface area (Å²) in [4.78, 5) is 2.34. The van der Waals surface area contributed by atoms with Crippen molar-refractivity contribution in [3.05, 3.63) is 24.3 Å². The van der Waals surface area contributed by atoms with Crippen molar-refractivity contribution < 1.29 is 9.84 Å². The highest BCUT2D eigenvalue weighted by Crippen LogP contribution is 2.17. The number of anilines is 1. The molecule has 1 aromatic carbocycles. The lowest BCUT2D eigenvalue weighted by Gasteiger charge is -2.34. The number of benzene rings is 1. The van der Waals surface area contributed by atoms with E-state index in [9.17, 15) is 5.11 Å².